The number of rotatable bonds is 3. The number of halogens is 1. The number of aryl methyl sites for hydroxylation is 1. The van der Waals surface area contributed by atoms with E-state index < -0.39 is 11.6 Å². The Bertz CT molecular complexity index is 1780. The summed E-state index contributed by atoms with van der Waals surface area (Å²) in [5.41, 5.74) is 3.20. The van der Waals surface area contributed by atoms with Crippen molar-refractivity contribution in [3.63, 3.8) is 0 Å². The predicted octanol–water partition coefficient (Wildman–Crippen LogP) is 2.15. The van der Waals surface area contributed by atoms with Crippen molar-refractivity contribution in [2.75, 3.05) is 0 Å². The van der Waals surface area contributed by atoms with Crippen molar-refractivity contribution in [3.8, 4) is 11.4 Å². The van der Waals surface area contributed by atoms with Crippen molar-refractivity contribution in [2.45, 2.75) is 64.5 Å². The zero-order chi connectivity index (χ0) is 26.5. The van der Waals surface area contributed by atoms with Crippen LogP contribution >= 0.6 is 0 Å². The van der Waals surface area contributed by atoms with Gasteiger partial charge in [-0.25, -0.2) is 18.9 Å². The minimum absolute atomic E-state index is 0.0388. The van der Waals surface area contributed by atoms with E-state index in [1.54, 1.807) is 29.2 Å². The van der Waals surface area contributed by atoms with Gasteiger partial charge in [0.25, 0.3) is 5.56 Å². The molecule has 0 unspecified atom stereocenters. The van der Waals surface area contributed by atoms with Crippen molar-refractivity contribution in [1.82, 2.24) is 24.5 Å². The number of carbonyl (C=O) groups excluding carboxylic acids is 1. The number of aliphatic hydroxyl groups is 2. The molecule has 2 aliphatic heterocycles. The predicted molar refractivity (Wildman–Crippen MR) is 132 cm³/mol. The number of nitrogens with zero attached hydrogens (tertiary/aromatic N) is 5. The fraction of sp³-hybridized carbons (Fsp3) is 0.370. The number of aromatic nitrogens is 5. The topological polar surface area (TPSA) is 132 Å². The third-order valence-corrected chi connectivity index (χ3v) is 8.45. The van der Waals surface area contributed by atoms with E-state index in [0.717, 1.165) is 22.1 Å². The molecule has 4 aromatic rings. The number of pyridine rings is 2. The molecule has 38 heavy (non-hydrogen) atoms. The van der Waals surface area contributed by atoms with E-state index >= 15 is 4.39 Å². The van der Waals surface area contributed by atoms with Crippen molar-refractivity contribution in [3.05, 3.63) is 73.6 Å². The molecule has 1 aliphatic carbocycles. The van der Waals surface area contributed by atoms with Crippen LogP contribution in [-0.2, 0) is 41.3 Å². The number of benzene rings is 1. The van der Waals surface area contributed by atoms with Crippen LogP contribution < -0.4 is 5.56 Å². The first-order chi connectivity index (χ1) is 18.3. The maximum Gasteiger partial charge on any atom is 0.343 e. The quantitative estimate of drug-likeness (QED) is 0.348. The maximum absolute atomic E-state index is 15.0. The summed E-state index contributed by atoms with van der Waals surface area (Å²) in [7, 11) is 0. The monoisotopic (exact) mass is 517 g/mol. The average Bonchev–Trinajstić information content (AvgIpc) is 3.54. The average molecular weight is 518 g/mol. The molecule has 2 atom stereocenters. The number of hydrogen-bond acceptors (Lipinski definition) is 8. The molecule has 194 valence electrons. The molecule has 0 amide bonds. The summed E-state index contributed by atoms with van der Waals surface area (Å²) in [4.78, 5) is 31.1. The molecular weight excluding hydrogens is 493 g/mol. The van der Waals surface area contributed by atoms with Crippen LogP contribution in [0.25, 0.3) is 22.3 Å². The molecule has 0 radical (unpaired) electrons. The molecule has 3 aliphatic rings. The van der Waals surface area contributed by atoms with Crippen LogP contribution in [0.5, 0.6) is 0 Å². The van der Waals surface area contributed by atoms with Crippen LogP contribution in [0.2, 0.25) is 0 Å². The van der Waals surface area contributed by atoms with Crippen molar-refractivity contribution < 1.29 is 24.1 Å². The van der Waals surface area contributed by atoms with E-state index in [-0.39, 0.29) is 54.7 Å². The summed E-state index contributed by atoms with van der Waals surface area (Å²) in [6.07, 6.45) is 2.74. The molecule has 0 fully saturated rings. The van der Waals surface area contributed by atoms with Gasteiger partial charge in [-0.2, -0.15) is 0 Å². The minimum atomic E-state index is -1.94. The molecule has 10 nitrogen and oxygen atoms in total. The molecule has 7 rings (SSSR count). The SMILES string of the molecule is CC[C@@]1(O)C(=O)OCc2c1cc1n(c2=O)Cc2c-1nc1cc(F)c(C)c3c1c2[C@@H](n1nncc1CO)CC3. The highest BCUT2D eigenvalue weighted by Crippen LogP contribution is 2.47. The van der Waals surface area contributed by atoms with Crippen LogP contribution in [0.4, 0.5) is 4.39 Å². The summed E-state index contributed by atoms with van der Waals surface area (Å²) in [5.74, 6) is -1.15. The van der Waals surface area contributed by atoms with E-state index in [4.69, 9.17) is 9.72 Å². The number of hydrogen-bond donors (Lipinski definition) is 2. The number of cyclic esters (lactones) is 1. The third kappa shape index (κ3) is 2.80. The number of ether oxygens (including phenoxy) is 1. The number of esters is 1. The van der Waals surface area contributed by atoms with Crippen molar-refractivity contribution in [1.29, 1.82) is 0 Å². The van der Waals surface area contributed by atoms with E-state index in [9.17, 15) is 19.8 Å². The molecule has 0 bridgehead atoms. The van der Waals surface area contributed by atoms with Gasteiger partial charge in [0.05, 0.1) is 53.6 Å². The smallest absolute Gasteiger partial charge is 0.343 e. The molecular formula is C27H24FN5O5. The fourth-order valence-corrected chi connectivity index (χ4v) is 6.42. The lowest BCUT2D eigenvalue weighted by atomic mass is 9.81. The molecule has 0 spiro atoms. The van der Waals surface area contributed by atoms with Gasteiger partial charge in [0.15, 0.2) is 5.60 Å². The Morgan fingerprint density at radius 3 is 2.82 bits per heavy atom. The summed E-state index contributed by atoms with van der Waals surface area (Å²) in [5, 5.41) is 30.2. The van der Waals surface area contributed by atoms with Crippen molar-refractivity contribution >= 4 is 16.9 Å². The zero-order valence-corrected chi connectivity index (χ0v) is 20.8. The molecule has 5 heterocycles. The van der Waals surface area contributed by atoms with Gasteiger partial charge in [-0.05, 0) is 48.9 Å². The van der Waals surface area contributed by atoms with Crippen LogP contribution in [0, 0.1) is 12.7 Å². The Balaban J connectivity index is 1.56. The zero-order valence-electron chi connectivity index (χ0n) is 20.8. The van der Waals surface area contributed by atoms with Crippen LogP contribution in [0.15, 0.2) is 23.1 Å². The van der Waals surface area contributed by atoms with Crippen LogP contribution in [0.3, 0.4) is 0 Å². The van der Waals surface area contributed by atoms with Gasteiger partial charge in [0.1, 0.15) is 12.4 Å². The summed E-state index contributed by atoms with van der Waals surface area (Å²) >= 11 is 0. The van der Waals surface area contributed by atoms with E-state index in [1.165, 1.54) is 12.3 Å². The first-order valence-corrected chi connectivity index (χ1v) is 12.6. The normalized spacial score (nSPS) is 21.3. The van der Waals surface area contributed by atoms with E-state index in [1.807, 2.05) is 0 Å². The Kier molecular flexibility index (Phi) is 4.74. The van der Waals surface area contributed by atoms with Gasteiger partial charge >= 0.3 is 5.97 Å². The van der Waals surface area contributed by atoms with Crippen molar-refractivity contribution in [2.24, 2.45) is 0 Å². The Labute approximate surface area is 215 Å². The van der Waals surface area contributed by atoms with Gasteiger partial charge in [-0.15, -0.1) is 5.10 Å². The standard InChI is InChI=1S/C27H24FN5O5/c1-3-27(37)17-6-21-24-15(9-32(21)25(35)16(17)11-38-26(27)36)23-20(33-13(10-34)8-29-31-33)5-4-14-12(2)18(28)7-19(30-24)22(14)23/h6-8,20,34,37H,3-5,9-11H2,1-2H3/t20-,27-/m0/s1. The highest BCUT2D eigenvalue weighted by Gasteiger charge is 2.46. The molecule has 3 aromatic heterocycles. The lowest BCUT2D eigenvalue weighted by Gasteiger charge is -2.31. The van der Waals surface area contributed by atoms with E-state index in [2.05, 4.69) is 10.3 Å². The molecule has 0 saturated carbocycles. The number of aliphatic hydroxyl groups excluding tert-OH is 1. The van der Waals surface area contributed by atoms with Gasteiger partial charge in [-0.3, -0.25) is 4.79 Å². The minimum Gasteiger partial charge on any atom is -0.458 e. The lowest BCUT2D eigenvalue weighted by Crippen LogP contribution is -2.44. The summed E-state index contributed by atoms with van der Waals surface area (Å²) in [6, 6.07) is 2.75. The lowest BCUT2D eigenvalue weighted by molar-refractivity contribution is -0.172. The number of carbonyl (C=O) groups is 1. The van der Waals surface area contributed by atoms with E-state index in [0.29, 0.717) is 41.0 Å². The highest BCUT2D eigenvalue weighted by molar-refractivity contribution is 5.93. The second-order valence-corrected chi connectivity index (χ2v) is 10.2. The molecule has 11 heteroatoms. The van der Waals surface area contributed by atoms with Crippen LogP contribution in [0.1, 0.15) is 64.9 Å². The second-order valence-electron chi connectivity index (χ2n) is 10.2. The van der Waals surface area contributed by atoms with Gasteiger partial charge in [0.2, 0.25) is 0 Å². The largest absolute Gasteiger partial charge is 0.458 e. The molecule has 2 N–H and O–H groups in total. The second kappa shape index (κ2) is 7.78. The maximum atomic E-state index is 15.0. The summed E-state index contributed by atoms with van der Waals surface area (Å²) in [6.45, 7) is 3.16. The van der Waals surface area contributed by atoms with Gasteiger partial charge in [0, 0.05) is 22.6 Å². The Morgan fingerprint density at radius 2 is 2.05 bits per heavy atom. The third-order valence-electron chi connectivity index (χ3n) is 8.45. The van der Waals surface area contributed by atoms with Gasteiger partial charge < -0.3 is 19.5 Å². The molecule has 1 aromatic carbocycles. The Morgan fingerprint density at radius 1 is 1.24 bits per heavy atom. The number of fused-ring (bicyclic) bond motifs is 5. The first-order valence-electron chi connectivity index (χ1n) is 12.6. The fourth-order valence-electron chi connectivity index (χ4n) is 6.42. The summed E-state index contributed by atoms with van der Waals surface area (Å²) < 4.78 is 23.5. The highest BCUT2D eigenvalue weighted by atomic mass is 19.1. The Hall–Kier alpha value is -3.96. The molecule has 0 saturated heterocycles. The first kappa shape index (κ1) is 23.2. The van der Waals surface area contributed by atoms with Crippen LogP contribution in [-0.4, -0.2) is 40.7 Å². The van der Waals surface area contributed by atoms with Gasteiger partial charge in [-0.1, -0.05) is 12.1 Å².